The highest BCUT2D eigenvalue weighted by molar-refractivity contribution is 7.92. The largest absolute Gasteiger partial charge is 0.352 e. The van der Waals surface area contributed by atoms with E-state index in [0.717, 1.165) is 24.0 Å². The highest BCUT2D eigenvalue weighted by atomic mass is 32.2. The second kappa shape index (κ2) is 14.0. The van der Waals surface area contributed by atoms with E-state index >= 15 is 0 Å². The number of nitrogens with one attached hydrogen (secondary N) is 1. The maximum Gasteiger partial charge on any atom is 0.243 e. The van der Waals surface area contributed by atoms with E-state index in [-0.39, 0.29) is 30.8 Å². The van der Waals surface area contributed by atoms with Crippen LogP contribution >= 0.6 is 0 Å². The van der Waals surface area contributed by atoms with Crippen molar-refractivity contribution in [3.05, 3.63) is 65.7 Å². The number of rotatable bonds is 14. The summed E-state index contributed by atoms with van der Waals surface area (Å²) < 4.78 is 26.3. The molecule has 0 spiro atoms. The number of carbonyl (C=O) groups is 2. The molecule has 36 heavy (non-hydrogen) atoms. The molecule has 2 aromatic rings. The monoisotopic (exact) mass is 515 g/mol. The molecule has 2 rings (SSSR count). The van der Waals surface area contributed by atoms with Gasteiger partial charge in [-0.1, -0.05) is 63.2 Å². The summed E-state index contributed by atoms with van der Waals surface area (Å²) >= 11 is 0. The maximum absolute atomic E-state index is 13.4. The number of amides is 2. The first kappa shape index (κ1) is 29.4. The number of nitrogens with zero attached hydrogens (tertiary/aromatic N) is 2. The van der Waals surface area contributed by atoms with Crippen LogP contribution < -0.4 is 9.62 Å². The topological polar surface area (TPSA) is 86.8 Å². The van der Waals surface area contributed by atoms with E-state index in [4.69, 9.17) is 0 Å². The van der Waals surface area contributed by atoms with Crippen molar-refractivity contribution < 1.29 is 18.0 Å². The quantitative estimate of drug-likeness (QED) is 0.401. The van der Waals surface area contributed by atoms with Gasteiger partial charge in [0.15, 0.2) is 0 Å². The average molecular weight is 516 g/mol. The van der Waals surface area contributed by atoms with E-state index in [2.05, 4.69) is 5.32 Å². The second-order valence-corrected chi connectivity index (χ2v) is 11.1. The molecule has 2 unspecified atom stereocenters. The van der Waals surface area contributed by atoms with Crippen molar-refractivity contribution >= 4 is 27.5 Å². The normalized spacial score (nSPS) is 13.0. The Bertz CT molecular complexity index is 1070. The van der Waals surface area contributed by atoms with Crippen LogP contribution in [0.4, 0.5) is 5.69 Å². The predicted octanol–water partition coefficient (Wildman–Crippen LogP) is 4.52. The van der Waals surface area contributed by atoms with Crippen LogP contribution in [0.1, 0.15) is 64.5 Å². The summed E-state index contributed by atoms with van der Waals surface area (Å²) in [7, 11) is -3.51. The number of anilines is 1. The van der Waals surface area contributed by atoms with E-state index in [1.165, 1.54) is 10.6 Å². The molecule has 0 aromatic heterocycles. The minimum absolute atomic E-state index is 0.0163. The summed E-state index contributed by atoms with van der Waals surface area (Å²) in [5.41, 5.74) is 2.65. The summed E-state index contributed by atoms with van der Waals surface area (Å²) in [6, 6.07) is 16.5. The first-order chi connectivity index (χ1) is 17.1. The van der Waals surface area contributed by atoms with Gasteiger partial charge in [-0.25, -0.2) is 8.42 Å². The number of hydrogen-bond acceptors (Lipinski definition) is 4. The molecule has 0 aliphatic rings. The van der Waals surface area contributed by atoms with Crippen LogP contribution in [0, 0.1) is 0 Å². The van der Waals surface area contributed by atoms with Gasteiger partial charge in [0, 0.05) is 25.6 Å². The number of benzene rings is 2. The molecule has 0 bridgehead atoms. The summed E-state index contributed by atoms with van der Waals surface area (Å²) in [6.45, 7) is 8.40. The molecule has 2 aromatic carbocycles. The lowest BCUT2D eigenvalue weighted by Gasteiger charge is -2.32. The van der Waals surface area contributed by atoms with Crippen LogP contribution in [0.5, 0.6) is 0 Å². The van der Waals surface area contributed by atoms with E-state index < -0.39 is 16.1 Å². The van der Waals surface area contributed by atoms with E-state index in [0.29, 0.717) is 25.1 Å². The Kier molecular flexibility index (Phi) is 11.4. The molecular weight excluding hydrogens is 474 g/mol. The van der Waals surface area contributed by atoms with E-state index in [1.807, 2.05) is 70.2 Å². The van der Waals surface area contributed by atoms with Gasteiger partial charge in [0.2, 0.25) is 21.8 Å². The lowest BCUT2D eigenvalue weighted by molar-refractivity contribution is -0.141. The van der Waals surface area contributed by atoms with Crippen LogP contribution in [0.2, 0.25) is 0 Å². The minimum Gasteiger partial charge on any atom is -0.352 e. The zero-order valence-corrected chi connectivity index (χ0v) is 23.1. The Morgan fingerprint density at radius 3 is 2.08 bits per heavy atom. The highest BCUT2D eigenvalue weighted by Crippen LogP contribution is 2.20. The zero-order valence-electron chi connectivity index (χ0n) is 22.2. The summed E-state index contributed by atoms with van der Waals surface area (Å²) in [6.07, 6.45) is 3.81. The Morgan fingerprint density at radius 2 is 1.56 bits per heavy atom. The molecule has 0 heterocycles. The molecule has 198 valence electrons. The van der Waals surface area contributed by atoms with Gasteiger partial charge in [0.05, 0.1) is 11.9 Å². The van der Waals surface area contributed by atoms with Crippen LogP contribution in [0.15, 0.2) is 54.6 Å². The first-order valence-electron chi connectivity index (χ1n) is 12.8. The van der Waals surface area contributed by atoms with E-state index in [1.54, 1.807) is 17.0 Å². The maximum atomic E-state index is 13.4. The Morgan fingerprint density at radius 1 is 0.917 bits per heavy atom. The highest BCUT2D eigenvalue weighted by Gasteiger charge is 2.29. The minimum atomic E-state index is -3.51. The van der Waals surface area contributed by atoms with Gasteiger partial charge in [-0.05, 0) is 55.9 Å². The van der Waals surface area contributed by atoms with Crippen LogP contribution in [-0.2, 0) is 32.6 Å². The van der Waals surface area contributed by atoms with Crippen LogP contribution in [0.3, 0.4) is 0 Å². The second-order valence-electron chi connectivity index (χ2n) is 9.21. The van der Waals surface area contributed by atoms with Gasteiger partial charge in [0.1, 0.15) is 6.04 Å². The van der Waals surface area contributed by atoms with Gasteiger partial charge < -0.3 is 10.2 Å². The summed E-state index contributed by atoms with van der Waals surface area (Å²) in [4.78, 5) is 28.1. The van der Waals surface area contributed by atoms with E-state index in [9.17, 15) is 18.0 Å². The number of hydrogen-bond donors (Lipinski definition) is 1. The number of sulfonamides is 1. The molecule has 0 aliphatic heterocycles. The van der Waals surface area contributed by atoms with Crippen molar-refractivity contribution in [2.75, 3.05) is 17.1 Å². The van der Waals surface area contributed by atoms with Crippen LogP contribution in [-0.4, -0.2) is 50.0 Å². The molecule has 2 atom stereocenters. The van der Waals surface area contributed by atoms with Gasteiger partial charge >= 0.3 is 0 Å². The third-order valence-electron chi connectivity index (χ3n) is 6.37. The van der Waals surface area contributed by atoms with Crippen molar-refractivity contribution in [3.63, 3.8) is 0 Å². The fourth-order valence-electron chi connectivity index (χ4n) is 4.04. The smallest absolute Gasteiger partial charge is 0.243 e. The van der Waals surface area contributed by atoms with Crippen molar-refractivity contribution in [1.82, 2.24) is 10.2 Å². The molecule has 0 aliphatic carbocycles. The SMILES string of the molecule is CCc1ccc(N(CCCC(=O)N(Cc2ccccc2)C(CC)C(=O)NC(C)CC)S(C)(=O)=O)cc1. The molecule has 1 N–H and O–H groups in total. The summed E-state index contributed by atoms with van der Waals surface area (Å²) in [5.74, 6) is -0.329. The van der Waals surface area contributed by atoms with Crippen molar-refractivity contribution in [2.45, 2.75) is 78.4 Å². The van der Waals surface area contributed by atoms with Gasteiger partial charge in [-0.3, -0.25) is 13.9 Å². The number of aryl methyl sites for hydroxylation is 1. The predicted molar refractivity (Wildman–Crippen MR) is 146 cm³/mol. The average Bonchev–Trinajstić information content (AvgIpc) is 2.86. The number of carbonyl (C=O) groups excluding carboxylic acids is 2. The molecular formula is C28H41N3O4S. The van der Waals surface area contributed by atoms with Gasteiger partial charge in [0.25, 0.3) is 0 Å². The molecule has 7 nitrogen and oxygen atoms in total. The summed E-state index contributed by atoms with van der Waals surface area (Å²) in [5, 5.41) is 3.01. The third-order valence-corrected chi connectivity index (χ3v) is 7.56. The van der Waals surface area contributed by atoms with Crippen molar-refractivity contribution in [3.8, 4) is 0 Å². The Balaban J connectivity index is 2.18. The molecule has 0 saturated heterocycles. The lowest BCUT2D eigenvalue weighted by Crippen LogP contribution is -2.50. The van der Waals surface area contributed by atoms with Crippen molar-refractivity contribution in [2.24, 2.45) is 0 Å². The van der Waals surface area contributed by atoms with Gasteiger partial charge in [-0.2, -0.15) is 0 Å². The molecule has 0 fully saturated rings. The van der Waals surface area contributed by atoms with Gasteiger partial charge in [-0.15, -0.1) is 0 Å². The van der Waals surface area contributed by atoms with Crippen molar-refractivity contribution in [1.29, 1.82) is 0 Å². The third kappa shape index (κ3) is 8.66. The fraction of sp³-hybridized carbons (Fsp3) is 0.500. The fourth-order valence-corrected chi connectivity index (χ4v) is 5.01. The molecule has 0 radical (unpaired) electrons. The van der Waals surface area contributed by atoms with Crippen LogP contribution in [0.25, 0.3) is 0 Å². The molecule has 0 saturated carbocycles. The Hall–Kier alpha value is -2.87. The zero-order chi connectivity index (χ0) is 26.7. The Labute approximate surface area is 216 Å². The standard InChI is InChI=1S/C28H41N3O4S/c1-6-22(4)29-28(33)26(8-3)30(21-24-13-10-9-11-14-24)27(32)15-12-20-31(36(5,34)35)25-18-16-23(7-2)17-19-25/h9-11,13-14,16-19,22,26H,6-8,12,15,20-21H2,1-5H3,(H,29,33). The molecule has 2 amide bonds. The first-order valence-corrected chi connectivity index (χ1v) is 14.7. The lowest BCUT2D eigenvalue weighted by atomic mass is 10.1. The molecule has 8 heteroatoms.